The summed E-state index contributed by atoms with van der Waals surface area (Å²) in [4.78, 5) is 14.1. The Labute approximate surface area is 109 Å². The second-order valence-electron chi connectivity index (χ2n) is 5.39. The number of nitrogens with zero attached hydrogens (tertiary/aromatic N) is 1. The number of rotatable bonds is 3. The van der Waals surface area contributed by atoms with Crippen molar-refractivity contribution in [3.63, 3.8) is 0 Å². The number of nitrogens with two attached hydrogens (primary N) is 1. The first kappa shape index (κ1) is 13.1. The fourth-order valence-corrected chi connectivity index (χ4v) is 2.31. The van der Waals surface area contributed by atoms with E-state index in [2.05, 4.69) is 19.9 Å². The van der Waals surface area contributed by atoms with Crippen LogP contribution in [0.3, 0.4) is 0 Å². The molecule has 0 bridgehead atoms. The van der Waals surface area contributed by atoms with Gasteiger partial charge in [0, 0.05) is 24.7 Å². The predicted molar refractivity (Wildman–Crippen MR) is 74.5 cm³/mol. The Morgan fingerprint density at radius 2 is 2.00 bits per heavy atom. The van der Waals surface area contributed by atoms with Crippen LogP contribution < -0.4 is 10.6 Å². The third kappa shape index (κ3) is 2.72. The molecule has 1 unspecified atom stereocenters. The molecule has 1 aromatic carbocycles. The van der Waals surface area contributed by atoms with Gasteiger partial charge in [0.2, 0.25) is 5.91 Å². The molecule has 3 nitrogen and oxygen atoms in total. The van der Waals surface area contributed by atoms with Crippen molar-refractivity contribution in [2.24, 2.45) is 11.7 Å². The van der Waals surface area contributed by atoms with Crippen molar-refractivity contribution < 1.29 is 4.79 Å². The van der Waals surface area contributed by atoms with E-state index in [1.807, 2.05) is 23.1 Å². The average Bonchev–Trinajstić information content (AvgIpc) is 2.50. The maximum atomic E-state index is 12.2. The molecule has 18 heavy (non-hydrogen) atoms. The highest BCUT2D eigenvalue weighted by molar-refractivity contribution is 5.94. The zero-order valence-corrected chi connectivity index (χ0v) is 11.2. The molecule has 0 spiro atoms. The van der Waals surface area contributed by atoms with Gasteiger partial charge in [0.25, 0.3) is 0 Å². The SMILES string of the molecule is CC(C)C(N)CN1C(=O)CCCc2ccccc21. The van der Waals surface area contributed by atoms with Gasteiger partial charge in [-0.25, -0.2) is 0 Å². The lowest BCUT2D eigenvalue weighted by Gasteiger charge is -2.27. The van der Waals surface area contributed by atoms with Crippen molar-refractivity contribution in [2.45, 2.75) is 39.2 Å². The van der Waals surface area contributed by atoms with E-state index in [0.717, 1.165) is 18.5 Å². The van der Waals surface area contributed by atoms with Crippen LogP contribution in [0.1, 0.15) is 32.3 Å². The Morgan fingerprint density at radius 3 is 2.72 bits per heavy atom. The number of carbonyl (C=O) groups excluding carboxylic acids is 1. The number of amides is 1. The van der Waals surface area contributed by atoms with E-state index in [1.54, 1.807) is 0 Å². The summed E-state index contributed by atoms with van der Waals surface area (Å²) in [5.41, 5.74) is 8.44. The topological polar surface area (TPSA) is 46.3 Å². The standard InChI is InChI=1S/C15H22N2O/c1-11(2)13(16)10-17-14-8-4-3-6-12(14)7-5-9-15(17)18/h3-4,6,8,11,13H,5,7,9-10,16H2,1-2H3. The van der Waals surface area contributed by atoms with E-state index in [1.165, 1.54) is 5.56 Å². The highest BCUT2D eigenvalue weighted by Crippen LogP contribution is 2.27. The third-order valence-electron chi connectivity index (χ3n) is 3.67. The summed E-state index contributed by atoms with van der Waals surface area (Å²) in [6, 6.07) is 8.20. The fourth-order valence-electron chi connectivity index (χ4n) is 2.31. The molecule has 2 N–H and O–H groups in total. The molecule has 0 aromatic heterocycles. The van der Waals surface area contributed by atoms with Crippen LogP contribution in [0, 0.1) is 5.92 Å². The molecule has 0 saturated heterocycles. The first-order chi connectivity index (χ1) is 8.59. The molecule has 1 atom stereocenters. The predicted octanol–water partition coefficient (Wildman–Crippen LogP) is 2.34. The molecule has 1 aromatic rings. The van der Waals surface area contributed by atoms with Crippen LogP contribution in [-0.2, 0) is 11.2 Å². The number of para-hydroxylation sites is 1. The minimum atomic E-state index is 0.0279. The summed E-state index contributed by atoms with van der Waals surface area (Å²) in [5, 5.41) is 0. The van der Waals surface area contributed by atoms with Gasteiger partial charge in [-0.1, -0.05) is 32.0 Å². The molecule has 3 heteroatoms. The summed E-state index contributed by atoms with van der Waals surface area (Å²) in [7, 11) is 0. The number of anilines is 1. The van der Waals surface area contributed by atoms with Crippen LogP contribution in [0.15, 0.2) is 24.3 Å². The van der Waals surface area contributed by atoms with Gasteiger partial charge in [-0.2, -0.15) is 0 Å². The van der Waals surface area contributed by atoms with E-state index >= 15 is 0 Å². The van der Waals surface area contributed by atoms with Crippen LogP contribution >= 0.6 is 0 Å². The van der Waals surface area contributed by atoms with Crippen molar-refractivity contribution >= 4 is 11.6 Å². The van der Waals surface area contributed by atoms with E-state index in [-0.39, 0.29) is 11.9 Å². The minimum absolute atomic E-state index is 0.0279. The van der Waals surface area contributed by atoms with Crippen LogP contribution in [0.4, 0.5) is 5.69 Å². The molecule has 0 saturated carbocycles. The quantitative estimate of drug-likeness (QED) is 0.889. The number of fused-ring (bicyclic) bond motifs is 1. The van der Waals surface area contributed by atoms with Gasteiger partial charge in [-0.3, -0.25) is 4.79 Å². The summed E-state index contributed by atoms with van der Waals surface area (Å²) in [6.45, 7) is 4.81. The molecule has 2 rings (SSSR count). The molecule has 1 amide bonds. The lowest BCUT2D eigenvalue weighted by molar-refractivity contribution is -0.118. The number of hydrogen-bond acceptors (Lipinski definition) is 2. The van der Waals surface area contributed by atoms with Crippen LogP contribution in [0.25, 0.3) is 0 Å². The van der Waals surface area contributed by atoms with Crippen molar-refractivity contribution in [3.8, 4) is 0 Å². The van der Waals surface area contributed by atoms with Gasteiger partial charge in [-0.15, -0.1) is 0 Å². The molecule has 1 aliphatic rings. The number of hydrogen-bond donors (Lipinski definition) is 1. The first-order valence-corrected chi connectivity index (χ1v) is 6.73. The van der Waals surface area contributed by atoms with Crippen molar-refractivity contribution in [1.82, 2.24) is 0 Å². The average molecular weight is 246 g/mol. The number of benzene rings is 1. The van der Waals surface area contributed by atoms with Crippen LogP contribution in [0.5, 0.6) is 0 Å². The van der Waals surface area contributed by atoms with E-state index < -0.39 is 0 Å². The lowest BCUT2D eigenvalue weighted by atomic mass is 10.0. The van der Waals surface area contributed by atoms with Gasteiger partial charge in [-0.05, 0) is 30.4 Å². The Balaban J connectivity index is 2.28. The third-order valence-corrected chi connectivity index (χ3v) is 3.67. The largest absolute Gasteiger partial charge is 0.326 e. The second-order valence-corrected chi connectivity index (χ2v) is 5.39. The maximum Gasteiger partial charge on any atom is 0.227 e. The zero-order valence-electron chi connectivity index (χ0n) is 11.2. The summed E-state index contributed by atoms with van der Waals surface area (Å²) < 4.78 is 0. The fraction of sp³-hybridized carbons (Fsp3) is 0.533. The van der Waals surface area contributed by atoms with Crippen molar-refractivity contribution in [3.05, 3.63) is 29.8 Å². The summed E-state index contributed by atoms with van der Waals surface area (Å²) in [5.74, 6) is 0.587. The van der Waals surface area contributed by atoms with Gasteiger partial charge in [0.1, 0.15) is 0 Å². The molecule has 0 aliphatic carbocycles. The van der Waals surface area contributed by atoms with Gasteiger partial charge in [0.15, 0.2) is 0 Å². The van der Waals surface area contributed by atoms with E-state index in [0.29, 0.717) is 18.9 Å². The summed E-state index contributed by atoms with van der Waals surface area (Å²) in [6.07, 6.45) is 2.54. The number of carbonyl (C=O) groups is 1. The van der Waals surface area contributed by atoms with Gasteiger partial charge >= 0.3 is 0 Å². The highest BCUT2D eigenvalue weighted by Gasteiger charge is 2.24. The lowest BCUT2D eigenvalue weighted by Crippen LogP contribution is -2.43. The van der Waals surface area contributed by atoms with Crippen molar-refractivity contribution in [1.29, 1.82) is 0 Å². The Bertz CT molecular complexity index is 428. The monoisotopic (exact) mass is 246 g/mol. The van der Waals surface area contributed by atoms with Gasteiger partial charge in [0.05, 0.1) is 0 Å². The Kier molecular flexibility index (Phi) is 4.02. The van der Waals surface area contributed by atoms with Gasteiger partial charge < -0.3 is 10.6 Å². The molecular formula is C15H22N2O. The van der Waals surface area contributed by atoms with Crippen LogP contribution in [0.2, 0.25) is 0 Å². The van der Waals surface area contributed by atoms with Crippen molar-refractivity contribution in [2.75, 3.05) is 11.4 Å². The molecule has 0 fully saturated rings. The minimum Gasteiger partial charge on any atom is -0.326 e. The zero-order chi connectivity index (χ0) is 13.1. The summed E-state index contributed by atoms with van der Waals surface area (Å²) >= 11 is 0. The van der Waals surface area contributed by atoms with Crippen LogP contribution in [-0.4, -0.2) is 18.5 Å². The molecular weight excluding hydrogens is 224 g/mol. The molecule has 1 aliphatic heterocycles. The highest BCUT2D eigenvalue weighted by atomic mass is 16.2. The molecule has 1 heterocycles. The second kappa shape index (κ2) is 5.53. The first-order valence-electron chi connectivity index (χ1n) is 6.73. The van der Waals surface area contributed by atoms with E-state index in [4.69, 9.17) is 5.73 Å². The maximum absolute atomic E-state index is 12.2. The Morgan fingerprint density at radius 1 is 1.28 bits per heavy atom. The molecule has 98 valence electrons. The molecule has 0 radical (unpaired) electrons. The smallest absolute Gasteiger partial charge is 0.227 e. The Hall–Kier alpha value is -1.35. The number of aryl methyl sites for hydroxylation is 1. The normalized spacial score (nSPS) is 17.6. The van der Waals surface area contributed by atoms with E-state index in [9.17, 15) is 4.79 Å².